The number of fused-ring (bicyclic) bond motifs is 1. The van der Waals surface area contributed by atoms with Crippen LogP contribution in [0, 0.1) is 0 Å². The maximum absolute atomic E-state index is 13.0. The number of hydrogen-bond acceptors (Lipinski definition) is 4. The first kappa shape index (κ1) is 25.3. The molecule has 0 atom stereocenters. The lowest BCUT2D eigenvalue weighted by molar-refractivity contribution is -0.137. The van der Waals surface area contributed by atoms with Crippen molar-refractivity contribution in [3.8, 4) is 5.75 Å². The lowest BCUT2D eigenvalue weighted by Crippen LogP contribution is -2.38. The first-order chi connectivity index (χ1) is 18.3. The van der Waals surface area contributed by atoms with E-state index in [1.807, 2.05) is 24.3 Å². The number of carbonyl (C=O) groups is 2. The summed E-state index contributed by atoms with van der Waals surface area (Å²) in [6, 6.07) is 16.0. The molecule has 10 heteroatoms. The fourth-order valence-corrected chi connectivity index (χ4v) is 4.63. The molecule has 196 valence electrons. The monoisotopic (exact) mass is 522 g/mol. The van der Waals surface area contributed by atoms with Crippen LogP contribution < -0.4 is 10.1 Å². The molecule has 4 aromatic rings. The molecule has 7 nitrogen and oxygen atoms in total. The summed E-state index contributed by atoms with van der Waals surface area (Å²) in [4.78, 5) is 33.8. The molecule has 0 aliphatic carbocycles. The highest BCUT2D eigenvalue weighted by atomic mass is 19.4. The minimum atomic E-state index is -4.43. The van der Waals surface area contributed by atoms with Crippen molar-refractivity contribution in [3.05, 3.63) is 89.9 Å². The topological polar surface area (TPSA) is 87.3 Å². The van der Waals surface area contributed by atoms with Crippen molar-refractivity contribution in [3.63, 3.8) is 0 Å². The molecule has 0 radical (unpaired) electrons. The second kappa shape index (κ2) is 10.6. The van der Waals surface area contributed by atoms with Crippen LogP contribution in [0.2, 0.25) is 0 Å². The van der Waals surface area contributed by atoms with Crippen LogP contribution in [0.25, 0.3) is 10.9 Å². The van der Waals surface area contributed by atoms with E-state index < -0.39 is 11.7 Å². The molecule has 38 heavy (non-hydrogen) atoms. The molecule has 1 aliphatic rings. The number of alkyl halides is 3. The standard InChI is InChI=1S/C28H25F3N4O3/c29-28(30,31)21-5-8-24-20(14-21)15-25(34-24)27(37)35-12-9-19(10-13-35)18-3-6-22(7-4-18)33-26(36)17-38-23-2-1-11-32-16-23/h1-8,11,14-16,19,34H,9-10,12-13,17H2,(H,33,36). The van der Waals surface area contributed by atoms with Gasteiger partial charge in [-0.3, -0.25) is 14.6 Å². The number of likely N-dealkylation sites (tertiary alicyclic amines) is 1. The predicted octanol–water partition coefficient (Wildman–Crippen LogP) is 5.62. The van der Waals surface area contributed by atoms with Crippen molar-refractivity contribution in [2.75, 3.05) is 25.0 Å². The van der Waals surface area contributed by atoms with E-state index in [1.54, 1.807) is 23.2 Å². The van der Waals surface area contributed by atoms with Gasteiger partial charge in [-0.1, -0.05) is 12.1 Å². The van der Waals surface area contributed by atoms with Crippen molar-refractivity contribution in [1.82, 2.24) is 14.9 Å². The highest BCUT2D eigenvalue weighted by Crippen LogP contribution is 2.33. The number of carbonyl (C=O) groups excluding carboxylic acids is 2. The second-order valence-corrected chi connectivity index (χ2v) is 9.20. The van der Waals surface area contributed by atoms with Crippen molar-refractivity contribution in [1.29, 1.82) is 0 Å². The van der Waals surface area contributed by atoms with Gasteiger partial charge in [0.05, 0.1) is 11.8 Å². The number of hydrogen-bond donors (Lipinski definition) is 2. The zero-order valence-corrected chi connectivity index (χ0v) is 20.3. The molecular weight excluding hydrogens is 497 g/mol. The van der Waals surface area contributed by atoms with Crippen LogP contribution in [0.1, 0.15) is 40.4 Å². The van der Waals surface area contributed by atoms with Gasteiger partial charge in [0.25, 0.3) is 11.8 Å². The molecule has 5 rings (SSSR count). The Hall–Kier alpha value is -4.34. The van der Waals surface area contributed by atoms with Crippen LogP contribution in [0.15, 0.2) is 73.1 Å². The number of aromatic nitrogens is 2. The number of benzene rings is 2. The third kappa shape index (κ3) is 5.80. The van der Waals surface area contributed by atoms with E-state index in [2.05, 4.69) is 15.3 Å². The van der Waals surface area contributed by atoms with Gasteiger partial charge in [0, 0.05) is 35.9 Å². The molecule has 1 saturated heterocycles. The van der Waals surface area contributed by atoms with E-state index >= 15 is 0 Å². The third-order valence-electron chi connectivity index (χ3n) is 6.63. The van der Waals surface area contributed by atoms with E-state index in [4.69, 9.17) is 4.74 Å². The number of pyridine rings is 1. The van der Waals surface area contributed by atoms with E-state index in [9.17, 15) is 22.8 Å². The summed E-state index contributed by atoms with van der Waals surface area (Å²) in [5, 5.41) is 3.16. The molecular formula is C28H25F3N4O3. The Balaban J connectivity index is 1.14. The Labute approximate surface area is 216 Å². The summed E-state index contributed by atoms with van der Waals surface area (Å²) in [5.74, 6) is 0.275. The molecule has 0 unspecified atom stereocenters. The molecule has 0 spiro atoms. The first-order valence-electron chi connectivity index (χ1n) is 12.2. The predicted molar refractivity (Wildman–Crippen MR) is 136 cm³/mol. The summed E-state index contributed by atoms with van der Waals surface area (Å²) in [6.45, 7) is 0.952. The number of aromatic amines is 1. The maximum Gasteiger partial charge on any atom is 0.416 e. The average Bonchev–Trinajstić information content (AvgIpc) is 3.36. The lowest BCUT2D eigenvalue weighted by atomic mass is 9.89. The summed E-state index contributed by atoms with van der Waals surface area (Å²) < 4.78 is 44.4. The second-order valence-electron chi connectivity index (χ2n) is 9.20. The number of rotatable bonds is 6. The molecule has 2 amide bonds. The van der Waals surface area contributed by atoms with Gasteiger partial charge in [-0.05, 0) is 72.9 Å². The van der Waals surface area contributed by atoms with Crippen LogP contribution in [-0.4, -0.2) is 46.4 Å². The Morgan fingerprint density at radius 1 is 1.05 bits per heavy atom. The van der Waals surface area contributed by atoms with Gasteiger partial charge in [-0.15, -0.1) is 0 Å². The van der Waals surface area contributed by atoms with Gasteiger partial charge in [-0.2, -0.15) is 13.2 Å². The van der Waals surface area contributed by atoms with Crippen LogP contribution in [0.4, 0.5) is 18.9 Å². The molecule has 1 aliphatic heterocycles. The number of anilines is 1. The minimum Gasteiger partial charge on any atom is -0.482 e. The normalized spacial score (nSPS) is 14.4. The zero-order valence-electron chi connectivity index (χ0n) is 20.3. The SMILES string of the molecule is O=C(COc1cccnc1)Nc1ccc(C2CCN(C(=O)c3cc4cc(C(F)(F)F)ccc4[nH]3)CC2)cc1. The molecule has 3 heterocycles. The third-order valence-corrected chi connectivity index (χ3v) is 6.63. The van der Waals surface area contributed by atoms with E-state index in [1.165, 1.54) is 18.3 Å². The summed E-state index contributed by atoms with van der Waals surface area (Å²) in [7, 11) is 0. The van der Waals surface area contributed by atoms with Gasteiger partial charge in [0.1, 0.15) is 11.4 Å². The summed E-state index contributed by atoms with van der Waals surface area (Å²) in [6.07, 6.45) is 0.242. The van der Waals surface area contributed by atoms with E-state index in [-0.39, 0.29) is 30.0 Å². The van der Waals surface area contributed by atoms with E-state index in [0.717, 1.165) is 30.5 Å². The zero-order chi connectivity index (χ0) is 26.7. The van der Waals surface area contributed by atoms with Crippen molar-refractivity contribution in [2.24, 2.45) is 0 Å². The highest BCUT2D eigenvalue weighted by molar-refractivity contribution is 5.98. The minimum absolute atomic E-state index is 0.125. The number of piperidine rings is 1. The number of halogens is 3. The highest BCUT2D eigenvalue weighted by Gasteiger charge is 2.31. The Kier molecular flexibility index (Phi) is 7.04. The lowest BCUT2D eigenvalue weighted by Gasteiger charge is -2.32. The average molecular weight is 523 g/mol. The molecule has 0 saturated carbocycles. The number of ether oxygens (including phenoxy) is 1. The van der Waals surface area contributed by atoms with E-state index in [0.29, 0.717) is 35.4 Å². The summed E-state index contributed by atoms with van der Waals surface area (Å²) in [5.41, 5.74) is 1.81. The smallest absolute Gasteiger partial charge is 0.416 e. The van der Waals surface area contributed by atoms with Crippen molar-refractivity contribution in [2.45, 2.75) is 24.9 Å². The number of nitrogens with one attached hydrogen (secondary N) is 2. The molecule has 2 aromatic heterocycles. The van der Waals surface area contributed by atoms with Gasteiger partial charge >= 0.3 is 6.18 Å². The van der Waals surface area contributed by atoms with Crippen LogP contribution in [0.3, 0.4) is 0 Å². The molecule has 2 aromatic carbocycles. The van der Waals surface area contributed by atoms with Crippen LogP contribution >= 0.6 is 0 Å². The number of nitrogens with zero attached hydrogens (tertiary/aromatic N) is 2. The number of H-pyrrole nitrogens is 1. The Morgan fingerprint density at radius 3 is 2.50 bits per heavy atom. The van der Waals surface area contributed by atoms with Gasteiger partial charge in [0.2, 0.25) is 0 Å². The fourth-order valence-electron chi connectivity index (χ4n) is 4.63. The fraction of sp³-hybridized carbons (Fsp3) is 0.250. The molecule has 2 N–H and O–H groups in total. The van der Waals surface area contributed by atoms with Gasteiger partial charge < -0.3 is 19.9 Å². The maximum atomic E-state index is 13.0. The number of amides is 2. The first-order valence-corrected chi connectivity index (χ1v) is 12.2. The van der Waals surface area contributed by atoms with Gasteiger partial charge in [0.15, 0.2) is 6.61 Å². The molecule has 0 bridgehead atoms. The van der Waals surface area contributed by atoms with Gasteiger partial charge in [-0.25, -0.2) is 0 Å². The van der Waals surface area contributed by atoms with Crippen molar-refractivity contribution >= 4 is 28.4 Å². The quantitative estimate of drug-likeness (QED) is 0.344. The largest absolute Gasteiger partial charge is 0.482 e. The van der Waals surface area contributed by atoms with Crippen LogP contribution in [-0.2, 0) is 11.0 Å². The Bertz CT molecular complexity index is 1430. The van der Waals surface area contributed by atoms with Crippen molar-refractivity contribution < 1.29 is 27.5 Å². The summed E-state index contributed by atoms with van der Waals surface area (Å²) >= 11 is 0. The molecule has 1 fully saturated rings. The Morgan fingerprint density at radius 2 is 1.82 bits per heavy atom. The van der Waals surface area contributed by atoms with Crippen LogP contribution in [0.5, 0.6) is 5.75 Å².